The van der Waals surface area contributed by atoms with Gasteiger partial charge in [0.05, 0.1) is 17.0 Å². The Morgan fingerprint density at radius 3 is 2.65 bits per heavy atom. The number of anilines is 1. The third-order valence-electron chi connectivity index (χ3n) is 2.69. The lowest BCUT2D eigenvalue weighted by molar-refractivity contribution is -0.137. The van der Waals surface area contributed by atoms with Gasteiger partial charge in [0.25, 0.3) is 5.56 Å². The highest BCUT2D eigenvalue weighted by molar-refractivity contribution is 7.99. The van der Waals surface area contributed by atoms with Gasteiger partial charge in [-0.2, -0.15) is 13.2 Å². The van der Waals surface area contributed by atoms with E-state index in [1.807, 2.05) is 0 Å². The Kier molecular flexibility index (Phi) is 5.04. The molecule has 0 aliphatic carbocycles. The highest BCUT2D eigenvalue weighted by Gasteiger charge is 2.33. The Labute approximate surface area is 132 Å². The zero-order chi connectivity index (χ0) is 17.0. The maximum atomic E-state index is 12.8. The molecule has 0 fully saturated rings. The summed E-state index contributed by atoms with van der Waals surface area (Å²) in [6.07, 6.45) is -4.56. The van der Waals surface area contributed by atoms with Gasteiger partial charge in [-0.1, -0.05) is 23.9 Å². The van der Waals surface area contributed by atoms with Gasteiger partial charge in [-0.15, -0.1) is 10.2 Å². The molecular weight excluding hydrogens is 333 g/mol. The van der Waals surface area contributed by atoms with Crippen LogP contribution < -0.4 is 10.9 Å². The van der Waals surface area contributed by atoms with Crippen LogP contribution in [-0.2, 0) is 11.0 Å². The summed E-state index contributed by atoms with van der Waals surface area (Å²) in [5, 5.41) is 9.57. The van der Waals surface area contributed by atoms with Gasteiger partial charge < -0.3 is 5.32 Å². The van der Waals surface area contributed by atoms with Crippen molar-refractivity contribution in [3.63, 3.8) is 0 Å². The molecule has 10 heteroatoms. The van der Waals surface area contributed by atoms with Crippen LogP contribution in [0.3, 0.4) is 0 Å². The van der Waals surface area contributed by atoms with Crippen molar-refractivity contribution in [2.75, 3.05) is 11.1 Å². The molecular formula is C13H11F3N4O2S. The predicted molar refractivity (Wildman–Crippen MR) is 78.2 cm³/mol. The Bertz CT molecular complexity index is 776. The lowest BCUT2D eigenvalue weighted by Gasteiger charge is -2.13. The maximum Gasteiger partial charge on any atom is 0.418 e. The number of para-hydroxylation sites is 1. The van der Waals surface area contributed by atoms with E-state index in [0.717, 1.165) is 17.8 Å². The molecule has 6 nitrogen and oxygen atoms in total. The molecule has 0 aliphatic rings. The van der Waals surface area contributed by atoms with Gasteiger partial charge in [0.1, 0.15) is 5.69 Å². The molecule has 1 aromatic heterocycles. The number of hydrogen-bond donors (Lipinski definition) is 2. The largest absolute Gasteiger partial charge is 0.418 e. The third kappa shape index (κ3) is 4.55. The number of alkyl halides is 3. The number of thioether (sulfide) groups is 1. The van der Waals surface area contributed by atoms with Crippen molar-refractivity contribution < 1.29 is 18.0 Å². The first-order chi connectivity index (χ1) is 10.8. The van der Waals surface area contributed by atoms with E-state index in [9.17, 15) is 22.8 Å². The molecule has 0 aliphatic heterocycles. The van der Waals surface area contributed by atoms with E-state index in [1.165, 1.54) is 25.1 Å². The second-order valence-electron chi connectivity index (χ2n) is 4.42. The number of aromatic nitrogens is 3. The molecule has 0 atom stereocenters. The van der Waals surface area contributed by atoms with Crippen LogP contribution in [0.25, 0.3) is 0 Å². The summed E-state index contributed by atoms with van der Waals surface area (Å²) in [6.45, 7) is 1.47. The number of nitrogens with zero attached hydrogens (tertiary/aromatic N) is 2. The average Bonchev–Trinajstić information content (AvgIpc) is 2.48. The van der Waals surface area contributed by atoms with E-state index in [0.29, 0.717) is 0 Å². The van der Waals surface area contributed by atoms with Crippen molar-refractivity contribution in [1.82, 2.24) is 15.2 Å². The molecule has 122 valence electrons. The van der Waals surface area contributed by atoms with E-state index in [2.05, 4.69) is 20.5 Å². The normalized spacial score (nSPS) is 11.3. The molecule has 0 unspecified atom stereocenters. The van der Waals surface area contributed by atoms with Gasteiger partial charge in [-0.3, -0.25) is 14.6 Å². The number of hydrogen-bond acceptors (Lipinski definition) is 5. The first-order valence-electron chi connectivity index (χ1n) is 6.30. The Balaban J connectivity index is 2.03. The molecule has 23 heavy (non-hydrogen) atoms. The lowest BCUT2D eigenvalue weighted by atomic mass is 10.1. The van der Waals surface area contributed by atoms with E-state index >= 15 is 0 Å². The predicted octanol–water partition coefficient (Wildman–Crippen LogP) is 2.22. The van der Waals surface area contributed by atoms with Crippen LogP contribution in [0, 0.1) is 6.92 Å². The number of amides is 1. The van der Waals surface area contributed by atoms with Gasteiger partial charge >= 0.3 is 6.18 Å². The lowest BCUT2D eigenvalue weighted by Crippen LogP contribution is -2.19. The zero-order valence-electron chi connectivity index (χ0n) is 11.8. The highest BCUT2D eigenvalue weighted by Crippen LogP contribution is 2.34. The molecule has 2 N–H and O–H groups in total. The number of nitrogens with one attached hydrogen (secondary N) is 2. The van der Waals surface area contributed by atoms with Crippen LogP contribution in [0.15, 0.2) is 34.2 Å². The van der Waals surface area contributed by atoms with Crippen LogP contribution in [0.4, 0.5) is 18.9 Å². The smallest absolute Gasteiger partial charge is 0.325 e. The van der Waals surface area contributed by atoms with Crippen molar-refractivity contribution in [1.29, 1.82) is 0 Å². The average molecular weight is 344 g/mol. The Morgan fingerprint density at radius 2 is 2.00 bits per heavy atom. The van der Waals surface area contributed by atoms with E-state index in [4.69, 9.17) is 0 Å². The first kappa shape index (κ1) is 17.0. The molecule has 0 saturated heterocycles. The number of aryl methyl sites for hydroxylation is 1. The first-order valence-corrected chi connectivity index (χ1v) is 7.28. The number of H-pyrrole nitrogens is 1. The topological polar surface area (TPSA) is 87.7 Å². The summed E-state index contributed by atoms with van der Waals surface area (Å²) in [4.78, 5) is 25.5. The Hall–Kier alpha value is -2.36. The van der Waals surface area contributed by atoms with E-state index in [1.54, 1.807) is 0 Å². The summed E-state index contributed by atoms with van der Waals surface area (Å²) < 4.78 is 38.5. The molecule has 1 amide bonds. The van der Waals surface area contributed by atoms with Crippen LogP contribution in [-0.4, -0.2) is 26.8 Å². The van der Waals surface area contributed by atoms with Crippen molar-refractivity contribution in [2.45, 2.75) is 18.3 Å². The van der Waals surface area contributed by atoms with Gasteiger partial charge in [-0.05, 0) is 19.1 Å². The molecule has 0 bridgehead atoms. The summed E-state index contributed by atoms with van der Waals surface area (Å²) in [5.74, 6) is -0.880. The molecule has 2 aromatic rings. The minimum Gasteiger partial charge on any atom is -0.325 e. The number of carbonyl (C=O) groups is 1. The molecule has 1 heterocycles. The fourth-order valence-corrected chi connectivity index (χ4v) is 2.21. The zero-order valence-corrected chi connectivity index (χ0v) is 12.6. The minimum absolute atomic E-state index is 0.111. The van der Waals surface area contributed by atoms with Gasteiger partial charge in [-0.25, -0.2) is 0 Å². The van der Waals surface area contributed by atoms with Gasteiger partial charge in [0.2, 0.25) is 5.91 Å². The number of benzene rings is 1. The monoisotopic (exact) mass is 344 g/mol. The summed E-state index contributed by atoms with van der Waals surface area (Å²) in [6, 6.07) is 4.67. The Morgan fingerprint density at radius 1 is 1.30 bits per heavy atom. The number of halogens is 3. The van der Waals surface area contributed by atoms with Crippen LogP contribution in [0.1, 0.15) is 11.3 Å². The maximum absolute atomic E-state index is 12.8. The quantitative estimate of drug-likeness (QED) is 0.831. The fourth-order valence-electron chi connectivity index (χ4n) is 1.60. The van der Waals surface area contributed by atoms with Gasteiger partial charge in [0.15, 0.2) is 5.16 Å². The standard InChI is InChI=1S/C13H11F3N4O2S/c1-7-11(22)18-12(20-19-7)23-6-10(21)17-9-5-3-2-4-8(9)13(14,15)16/h2-5H,6H2,1H3,(H,17,21)(H,18,20,22). The van der Waals surface area contributed by atoms with Crippen molar-refractivity contribution in [3.8, 4) is 0 Å². The van der Waals surface area contributed by atoms with Crippen LogP contribution >= 0.6 is 11.8 Å². The molecule has 0 radical (unpaired) electrons. The number of carbonyl (C=O) groups excluding carboxylic acids is 1. The second kappa shape index (κ2) is 6.82. The highest BCUT2D eigenvalue weighted by atomic mass is 32.2. The molecule has 0 spiro atoms. The summed E-state index contributed by atoms with van der Waals surface area (Å²) in [7, 11) is 0. The molecule has 0 saturated carbocycles. The number of aromatic amines is 1. The van der Waals surface area contributed by atoms with E-state index < -0.39 is 23.2 Å². The fraction of sp³-hybridized carbons (Fsp3) is 0.231. The minimum atomic E-state index is -4.56. The van der Waals surface area contributed by atoms with Crippen molar-refractivity contribution in [3.05, 3.63) is 45.9 Å². The van der Waals surface area contributed by atoms with Crippen molar-refractivity contribution >= 4 is 23.4 Å². The van der Waals surface area contributed by atoms with Gasteiger partial charge in [0, 0.05) is 0 Å². The molecule has 1 aromatic carbocycles. The SMILES string of the molecule is Cc1nnc(SCC(=O)Nc2ccccc2C(F)(F)F)[nH]c1=O. The third-order valence-corrected chi connectivity index (χ3v) is 3.55. The van der Waals surface area contributed by atoms with Crippen LogP contribution in [0.2, 0.25) is 0 Å². The van der Waals surface area contributed by atoms with Crippen molar-refractivity contribution in [2.24, 2.45) is 0 Å². The van der Waals surface area contributed by atoms with E-state index in [-0.39, 0.29) is 22.3 Å². The number of rotatable bonds is 4. The summed E-state index contributed by atoms with van der Waals surface area (Å²) >= 11 is 0.862. The molecule has 2 rings (SSSR count). The second-order valence-corrected chi connectivity index (χ2v) is 5.39. The summed E-state index contributed by atoms with van der Waals surface area (Å²) in [5.41, 5.74) is -1.51. The van der Waals surface area contributed by atoms with Crippen LogP contribution in [0.5, 0.6) is 0 Å².